The number of hydrogen-bond acceptors (Lipinski definition) is 2. The summed E-state index contributed by atoms with van der Waals surface area (Å²) in [7, 11) is 0. The van der Waals surface area contributed by atoms with E-state index in [1.165, 1.54) is 6.07 Å². The fourth-order valence-corrected chi connectivity index (χ4v) is 1.42. The summed E-state index contributed by atoms with van der Waals surface area (Å²) in [5.41, 5.74) is 1.45. The van der Waals surface area contributed by atoms with Gasteiger partial charge in [-0.3, -0.25) is 10.1 Å². The average Bonchev–Trinajstić information content (AvgIpc) is 2.30. The molecule has 0 saturated heterocycles. The van der Waals surface area contributed by atoms with Gasteiger partial charge < -0.3 is 0 Å². The number of nitro benzene ring substituents is 1. The molecule has 15 heavy (non-hydrogen) atoms. The summed E-state index contributed by atoms with van der Waals surface area (Å²) in [6.07, 6.45) is 0. The van der Waals surface area contributed by atoms with E-state index in [-0.39, 0.29) is 10.6 Å². The van der Waals surface area contributed by atoms with Crippen molar-refractivity contribution in [2.45, 2.75) is 0 Å². The fourth-order valence-electron chi connectivity index (χ4n) is 1.42. The van der Waals surface area contributed by atoms with Crippen LogP contribution >= 0.6 is 0 Å². The van der Waals surface area contributed by atoms with Gasteiger partial charge in [-0.15, -0.1) is 0 Å². The molecule has 0 aliphatic carbocycles. The van der Waals surface area contributed by atoms with Gasteiger partial charge in [0.1, 0.15) is 0 Å². The minimum atomic E-state index is -0.379. The van der Waals surface area contributed by atoms with Crippen molar-refractivity contribution >= 4 is 5.69 Å². The van der Waals surface area contributed by atoms with E-state index in [9.17, 15) is 10.1 Å². The first kappa shape index (κ1) is 9.40. The second-order valence-corrected chi connectivity index (χ2v) is 3.05. The molecule has 73 valence electrons. The van der Waals surface area contributed by atoms with Crippen molar-refractivity contribution in [3.63, 3.8) is 0 Å². The second kappa shape index (κ2) is 3.92. The van der Waals surface area contributed by atoms with E-state index in [0.29, 0.717) is 5.56 Å². The number of nitrogens with zero attached hydrogens (tertiary/aromatic N) is 1. The summed E-state index contributed by atoms with van der Waals surface area (Å²) in [6.45, 7) is 0. The van der Waals surface area contributed by atoms with E-state index in [1.807, 2.05) is 18.2 Å². The lowest BCUT2D eigenvalue weighted by Crippen LogP contribution is -1.91. The Balaban J connectivity index is 2.58. The minimum Gasteiger partial charge on any atom is -0.258 e. The van der Waals surface area contributed by atoms with Crippen LogP contribution in [0, 0.1) is 16.2 Å². The monoisotopic (exact) mass is 198 g/mol. The minimum absolute atomic E-state index is 0.111. The van der Waals surface area contributed by atoms with Crippen LogP contribution in [0.25, 0.3) is 11.1 Å². The third-order valence-electron chi connectivity index (χ3n) is 2.10. The van der Waals surface area contributed by atoms with Gasteiger partial charge >= 0.3 is 0 Å². The molecule has 0 aliphatic rings. The van der Waals surface area contributed by atoms with E-state index in [4.69, 9.17) is 0 Å². The molecule has 0 heterocycles. The number of rotatable bonds is 2. The van der Waals surface area contributed by atoms with Gasteiger partial charge in [0.2, 0.25) is 0 Å². The number of hydrogen-bond donors (Lipinski definition) is 0. The molecule has 0 aliphatic heterocycles. The van der Waals surface area contributed by atoms with Crippen LogP contribution in [0.15, 0.2) is 48.5 Å². The van der Waals surface area contributed by atoms with Gasteiger partial charge in [-0.2, -0.15) is 0 Å². The van der Waals surface area contributed by atoms with Gasteiger partial charge in [0, 0.05) is 6.07 Å². The SMILES string of the molecule is O=[N+]([O-])c1ccccc1-c1[c]cccc1. The first-order chi connectivity index (χ1) is 7.29. The van der Waals surface area contributed by atoms with Crippen molar-refractivity contribution in [1.82, 2.24) is 0 Å². The van der Waals surface area contributed by atoms with Crippen molar-refractivity contribution in [3.05, 3.63) is 64.7 Å². The summed E-state index contributed by atoms with van der Waals surface area (Å²) in [6, 6.07) is 16.9. The molecular formula is C12H8NO2. The molecule has 0 aromatic heterocycles. The fraction of sp³-hybridized carbons (Fsp3) is 0. The Morgan fingerprint density at radius 2 is 1.80 bits per heavy atom. The summed E-state index contributed by atoms with van der Waals surface area (Å²) >= 11 is 0. The molecule has 3 heteroatoms. The molecule has 2 aromatic carbocycles. The van der Waals surface area contributed by atoms with Crippen LogP contribution in [0.2, 0.25) is 0 Å². The molecule has 0 saturated carbocycles. The predicted octanol–water partition coefficient (Wildman–Crippen LogP) is 3.06. The first-order valence-corrected chi connectivity index (χ1v) is 4.49. The van der Waals surface area contributed by atoms with Crippen LogP contribution in [-0.4, -0.2) is 4.92 Å². The van der Waals surface area contributed by atoms with Crippen LogP contribution in [0.4, 0.5) is 5.69 Å². The Labute approximate surface area is 87.1 Å². The van der Waals surface area contributed by atoms with Crippen LogP contribution in [0.1, 0.15) is 0 Å². The van der Waals surface area contributed by atoms with Crippen molar-refractivity contribution in [1.29, 1.82) is 0 Å². The largest absolute Gasteiger partial charge is 0.277 e. The first-order valence-electron chi connectivity index (χ1n) is 4.49. The smallest absolute Gasteiger partial charge is 0.258 e. The highest BCUT2D eigenvalue weighted by Crippen LogP contribution is 2.28. The summed E-state index contributed by atoms with van der Waals surface area (Å²) < 4.78 is 0. The maximum Gasteiger partial charge on any atom is 0.277 e. The molecule has 3 nitrogen and oxygen atoms in total. The molecule has 2 aromatic rings. The standard InChI is InChI=1S/C12H8NO2/c14-13(15)12-9-5-4-8-11(12)10-6-2-1-3-7-10/h1-6,8-9H. The van der Waals surface area contributed by atoms with Gasteiger partial charge in [-0.05, 0) is 17.7 Å². The highest BCUT2D eigenvalue weighted by Gasteiger charge is 2.13. The number of benzene rings is 2. The van der Waals surface area contributed by atoms with Crippen molar-refractivity contribution in [2.24, 2.45) is 0 Å². The summed E-state index contributed by atoms with van der Waals surface area (Å²) in [4.78, 5) is 10.4. The lowest BCUT2D eigenvalue weighted by atomic mass is 10.0. The van der Waals surface area contributed by atoms with Gasteiger partial charge in [0.05, 0.1) is 10.5 Å². The molecule has 0 atom stereocenters. The van der Waals surface area contributed by atoms with E-state index in [0.717, 1.165) is 5.56 Å². The van der Waals surface area contributed by atoms with Gasteiger partial charge in [0.15, 0.2) is 0 Å². The highest BCUT2D eigenvalue weighted by atomic mass is 16.6. The predicted molar refractivity (Wildman–Crippen MR) is 57.4 cm³/mol. The molecule has 0 amide bonds. The van der Waals surface area contributed by atoms with Crippen LogP contribution in [-0.2, 0) is 0 Å². The zero-order chi connectivity index (χ0) is 10.7. The third-order valence-corrected chi connectivity index (χ3v) is 2.10. The molecule has 1 radical (unpaired) electrons. The molecule has 0 spiro atoms. The highest BCUT2D eigenvalue weighted by molar-refractivity contribution is 5.72. The quantitative estimate of drug-likeness (QED) is 0.549. The zero-order valence-electron chi connectivity index (χ0n) is 7.88. The maximum atomic E-state index is 10.8. The van der Waals surface area contributed by atoms with Crippen LogP contribution in [0.5, 0.6) is 0 Å². The zero-order valence-corrected chi connectivity index (χ0v) is 7.88. The van der Waals surface area contributed by atoms with Crippen molar-refractivity contribution in [2.75, 3.05) is 0 Å². The lowest BCUT2D eigenvalue weighted by molar-refractivity contribution is -0.384. The van der Waals surface area contributed by atoms with Crippen molar-refractivity contribution < 1.29 is 4.92 Å². The van der Waals surface area contributed by atoms with E-state index in [2.05, 4.69) is 6.07 Å². The molecule has 0 unspecified atom stereocenters. The summed E-state index contributed by atoms with van der Waals surface area (Å²) in [5.74, 6) is 0. The van der Waals surface area contributed by atoms with Crippen molar-refractivity contribution in [3.8, 4) is 11.1 Å². The van der Waals surface area contributed by atoms with E-state index < -0.39 is 0 Å². The Morgan fingerprint density at radius 3 is 2.47 bits per heavy atom. The maximum absolute atomic E-state index is 10.8. The van der Waals surface area contributed by atoms with Gasteiger partial charge in [0.25, 0.3) is 5.69 Å². The van der Waals surface area contributed by atoms with Crippen LogP contribution < -0.4 is 0 Å². The second-order valence-electron chi connectivity index (χ2n) is 3.05. The number of nitro groups is 1. The van der Waals surface area contributed by atoms with Crippen LogP contribution in [0.3, 0.4) is 0 Å². The topological polar surface area (TPSA) is 43.1 Å². The third kappa shape index (κ3) is 1.86. The molecule has 0 fully saturated rings. The lowest BCUT2D eigenvalue weighted by Gasteiger charge is -2.01. The molecule has 0 N–H and O–H groups in total. The Kier molecular flexibility index (Phi) is 2.46. The van der Waals surface area contributed by atoms with Gasteiger partial charge in [-0.25, -0.2) is 0 Å². The van der Waals surface area contributed by atoms with E-state index in [1.54, 1.807) is 24.3 Å². The Bertz CT molecular complexity index is 480. The Hall–Kier alpha value is -2.16. The van der Waals surface area contributed by atoms with E-state index >= 15 is 0 Å². The molecular weight excluding hydrogens is 190 g/mol. The average molecular weight is 198 g/mol. The Morgan fingerprint density at radius 1 is 1.07 bits per heavy atom. The normalized spacial score (nSPS) is 9.87. The number of para-hydroxylation sites is 1. The molecule has 0 bridgehead atoms. The molecule has 2 rings (SSSR count). The summed E-state index contributed by atoms with van der Waals surface area (Å²) in [5, 5.41) is 10.8. The van der Waals surface area contributed by atoms with Gasteiger partial charge in [-0.1, -0.05) is 36.4 Å².